The van der Waals surface area contributed by atoms with Crippen LogP contribution in [0.1, 0.15) is 60.9 Å². The minimum absolute atomic E-state index is 0.163. The Labute approximate surface area is 212 Å². The number of benzene rings is 2. The van der Waals surface area contributed by atoms with Gasteiger partial charge in [-0.15, -0.1) is 0 Å². The summed E-state index contributed by atoms with van der Waals surface area (Å²) in [5, 5.41) is 7.90. The molecule has 1 atom stereocenters. The molecule has 3 aliphatic heterocycles. The Balaban J connectivity index is 1.12. The van der Waals surface area contributed by atoms with Crippen molar-refractivity contribution in [3.8, 4) is 0 Å². The fraction of sp³-hybridized carbons (Fsp3) is 0.536. The summed E-state index contributed by atoms with van der Waals surface area (Å²) in [5.74, 6) is -0.837. The lowest BCUT2D eigenvalue weighted by molar-refractivity contribution is -0.134. The first-order valence-electron chi connectivity index (χ1n) is 13.4. The van der Waals surface area contributed by atoms with E-state index in [-0.39, 0.29) is 18.2 Å². The Morgan fingerprint density at radius 3 is 2.61 bits per heavy atom. The summed E-state index contributed by atoms with van der Waals surface area (Å²) in [7, 11) is 0. The monoisotopic (exact) mass is 492 g/mol. The zero-order valence-electron chi connectivity index (χ0n) is 20.9. The molecule has 2 fully saturated rings. The van der Waals surface area contributed by atoms with Crippen molar-refractivity contribution in [2.75, 3.05) is 44.3 Å². The van der Waals surface area contributed by atoms with Gasteiger partial charge >= 0.3 is 0 Å². The van der Waals surface area contributed by atoms with Crippen molar-refractivity contribution in [2.45, 2.75) is 57.5 Å². The number of nitrogens with zero attached hydrogens (tertiary/aromatic N) is 2. The molecule has 3 heterocycles. The van der Waals surface area contributed by atoms with Gasteiger partial charge in [0.05, 0.1) is 18.9 Å². The van der Waals surface area contributed by atoms with Crippen LogP contribution in [0.4, 0.5) is 5.69 Å². The van der Waals surface area contributed by atoms with E-state index in [0.29, 0.717) is 12.0 Å². The predicted octanol–water partition coefficient (Wildman–Crippen LogP) is 2.98. The van der Waals surface area contributed by atoms with Crippen molar-refractivity contribution < 1.29 is 19.1 Å². The zero-order chi connectivity index (χ0) is 24.9. The van der Waals surface area contributed by atoms with Gasteiger partial charge in [0, 0.05) is 37.0 Å². The summed E-state index contributed by atoms with van der Waals surface area (Å²) in [6, 6.07) is 9.14. The average Bonchev–Trinajstić information content (AvgIpc) is 3.17. The van der Waals surface area contributed by atoms with Crippen LogP contribution < -0.4 is 15.5 Å². The van der Waals surface area contributed by atoms with E-state index in [1.165, 1.54) is 32.2 Å². The highest BCUT2D eigenvalue weighted by Gasteiger charge is 2.40. The van der Waals surface area contributed by atoms with Gasteiger partial charge in [0.15, 0.2) is 0 Å². The molecule has 0 aliphatic carbocycles. The first kappa shape index (κ1) is 24.9. The van der Waals surface area contributed by atoms with Gasteiger partial charge in [0.2, 0.25) is 11.8 Å². The molecule has 2 aromatic rings. The molecule has 192 valence electrons. The summed E-state index contributed by atoms with van der Waals surface area (Å²) >= 11 is 0. The van der Waals surface area contributed by atoms with E-state index in [2.05, 4.69) is 27.7 Å². The number of amides is 3. The lowest BCUT2D eigenvalue weighted by Crippen LogP contribution is -2.53. The number of piperidine rings is 1. The number of ether oxygens (including phenoxy) is 1. The molecule has 0 spiro atoms. The summed E-state index contributed by atoms with van der Waals surface area (Å²) < 4.78 is 5.40. The molecule has 3 amide bonds. The molecule has 0 bridgehead atoms. The lowest BCUT2D eigenvalue weighted by Gasteiger charge is -2.30. The van der Waals surface area contributed by atoms with E-state index >= 15 is 0 Å². The average molecular weight is 493 g/mol. The van der Waals surface area contributed by atoms with Gasteiger partial charge in [-0.1, -0.05) is 37.5 Å². The Bertz CT molecular complexity index is 1130. The van der Waals surface area contributed by atoms with Crippen molar-refractivity contribution in [3.05, 3.63) is 41.5 Å². The van der Waals surface area contributed by atoms with Gasteiger partial charge in [-0.3, -0.25) is 29.5 Å². The lowest BCUT2D eigenvalue weighted by atomic mass is 10.00. The molecular formula is C28H36N4O4. The third-order valence-corrected chi connectivity index (χ3v) is 7.59. The molecule has 0 radical (unpaired) electrons. The molecule has 8 nitrogen and oxygen atoms in total. The number of hydrogen-bond acceptors (Lipinski definition) is 6. The van der Waals surface area contributed by atoms with Crippen LogP contribution in [0.5, 0.6) is 0 Å². The van der Waals surface area contributed by atoms with Crippen LogP contribution >= 0.6 is 0 Å². The first-order valence-corrected chi connectivity index (χ1v) is 13.4. The number of imide groups is 1. The molecule has 36 heavy (non-hydrogen) atoms. The minimum atomic E-state index is -0.649. The Kier molecular flexibility index (Phi) is 7.94. The normalized spacial score (nSPS) is 20.4. The molecule has 0 saturated carbocycles. The highest BCUT2D eigenvalue weighted by Crippen LogP contribution is 2.41. The zero-order valence-corrected chi connectivity index (χ0v) is 20.9. The molecule has 0 aromatic heterocycles. The number of hydrogen-bond donors (Lipinski definition) is 2. The van der Waals surface area contributed by atoms with Crippen molar-refractivity contribution >= 4 is 34.2 Å². The molecule has 3 aliphatic rings. The number of carbonyl (C=O) groups excluding carboxylic acids is 3. The van der Waals surface area contributed by atoms with Gasteiger partial charge in [-0.25, -0.2) is 0 Å². The van der Waals surface area contributed by atoms with Gasteiger partial charge in [-0.05, 0) is 55.4 Å². The predicted molar refractivity (Wildman–Crippen MR) is 139 cm³/mol. The van der Waals surface area contributed by atoms with Crippen molar-refractivity contribution in [1.82, 2.24) is 15.5 Å². The van der Waals surface area contributed by atoms with Gasteiger partial charge in [0.25, 0.3) is 5.91 Å². The van der Waals surface area contributed by atoms with E-state index in [0.717, 1.165) is 67.8 Å². The number of unbranched alkanes of at least 4 members (excludes halogenated alkanes) is 4. The van der Waals surface area contributed by atoms with E-state index < -0.39 is 11.9 Å². The van der Waals surface area contributed by atoms with Crippen LogP contribution in [0, 0.1) is 0 Å². The van der Waals surface area contributed by atoms with E-state index in [9.17, 15) is 14.4 Å². The highest BCUT2D eigenvalue weighted by molar-refractivity contribution is 6.27. The number of rotatable bonds is 11. The second kappa shape index (κ2) is 11.5. The van der Waals surface area contributed by atoms with Crippen molar-refractivity contribution in [1.29, 1.82) is 0 Å². The van der Waals surface area contributed by atoms with Crippen molar-refractivity contribution in [3.63, 3.8) is 0 Å². The topological polar surface area (TPSA) is 91.0 Å². The quantitative estimate of drug-likeness (QED) is 0.370. The van der Waals surface area contributed by atoms with Gasteiger partial charge in [-0.2, -0.15) is 0 Å². The summed E-state index contributed by atoms with van der Waals surface area (Å²) in [6.45, 7) is 6.79. The SMILES string of the molecule is O=C1CCC(N2C(=O)c3cccc4c(CNCCCCCCCN5CCOCC5)ccc2c34)C(=O)N1. The smallest absolute Gasteiger partial charge is 0.259 e. The Hall–Kier alpha value is -2.81. The summed E-state index contributed by atoms with van der Waals surface area (Å²) in [6.07, 6.45) is 6.80. The van der Waals surface area contributed by atoms with Crippen LogP contribution in [0.25, 0.3) is 10.8 Å². The standard InChI is InChI=1S/C28H36N4O4/c33-25-12-11-24(27(34)30-25)32-23-10-9-20(21-7-6-8-22(26(21)23)28(32)35)19-29-13-4-2-1-3-5-14-31-15-17-36-18-16-31/h6-10,24,29H,1-5,11-19H2,(H,30,33,34). The van der Waals surface area contributed by atoms with E-state index in [1.54, 1.807) is 4.90 Å². The number of morpholine rings is 1. The molecular weight excluding hydrogens is 456 g/mol. The largest absolute Gasteiger partial charge is 0.379 e. The van der Waals surface area contributed by atoms with E-state index in [1.807, 2.05) is 18.2 Å². The summed E-state index contributed by atoms with van der Waals surface area (Å²) in [4.78, 5) is 41.4. The van der Waals surface area contributed by atoms with Crippen LogP contribution in [-0.4, -0.2) is 68.1 Å². The van der Waals surface area contributed by atoms with Crippen molar-refractivity contribution in [2.24, 2.45) is 0 Å². The maximum absolute atomic E-state index is 13.2. The van der Waals surface area contributed by atoms with Gasteiger partial charge in [0.1, 0.15) is 6.04 Å². The fourth-order valence-electron chi connectivity index (χ4n) is 5.62. The highest BCUT2D eigenvalue weighted by atomic mass is 16.5. The molecule has 1 unspecified atom stereocenters. The van der Waals surface area contributed by atoms with Crippen LogP contribution in [0.2, 0.25) is 0 Å². The molecule has 2 saturated heterocycles. The maximum atomic E-state index is 13.2. The van der Waals surface area contributed by atoms with Gasteiger partial charge < -0.3 is 10.1 Å². The third-order valence-electron chi connectivity index (χ3n) is 7.59. The number of anilines is 1. The second-order valence-electron chi connectivity index (χ2n) is 10.0. The molecule has 2 aromatic carbocycles. The van der Waals surface area contributed by atoms with Crippen LogP contribution in [0.3, 0.4) is 0 Å². The van der Waals surface area contributed by atoms with Crippen LogP contribution in [-0.2, 0) is 20.9 Å². The maximum Gasteiger partial charge on any atom is 0.259 e. The summed E-state index contributed by atoms with van der Waals surface area (Å²) in [5.41, 5.74) is 2.55. The Morgan fingerprint density at radius 1 is 0.972 bits per heavy atom. The first-order chi connectivity index (χ1) is 17.6. The minimum Gasteiger partial charge on any atom is -0.379 e. The third kappa shape index (κ3) is 5.31. The fourth-order valence-corrected chi connectivity index (χ4v) is 5.62. The molecule has 2 N–H and O–H groups in total. The van der Waals surface area contributed by atoms with E-state index in [4.69, 9.17) is 4.74 Å². The number of carbonyl (C=O) groups is 3. The molecule has 5 rings (SSSR count). The Morgan fingerprint density at radius 2 is 1.78 bits per heavy atom. The molecule has 8 heteroatoms. The van der Waals surface area contributed by atoms with Crippen LogP contribution in [0.15, 0.2) is 30.3 Å². The number of nitrogens with one attached hydrogen (secondary N) is 2. The second-order valence-corrected chi connectivity index (χ2v) is 10.0.